The Morgan fingerprint density at radius 2 is 1.93 bits per heavy atom. The van der Waals surface area contributed by atoms with Crippen molar-refractivity contribution in [1.29, 1.82) is 0 Å². The molecule has 5 nitrogen and oxygen atoms in total. The van der Waals surface area contributed by atoms with Gasteiger partial charge in [-0.3, -0.25) is 14.5 Å². The summed E-state index contributed by atoms with van der Waals surface area (Å²) in [4.78, 5) is 27.1. The lowest BCUT2D eigenvalue weighted by Gasteiger charge is -2.23. The van der Waals surface area contributed by atoms with Crippen molar-refractivity contribution in [3.05, 3.63) is 56.5 Å². The lowest BCUT2D eigenvalue weighted by molar-refractivity contribution is -0.122. The number of nitrogens with zero attached hydrogens (tertiary/aromatic N) is 1. The van der Waals surface area contributed by atoms with Crippen LogP contribution in [0.4, 0.5) is 11.4 Å². The molecule has 0 aromatic heterocycles. The van der Waals surface area contributed by atoms with E-state index in [2.05, 4.69) is 26.6 Å². The minimum Gasteiger partial charge on any atom is -0.325 e. The Kier molecular flexibility index (Phi) is 6.99. The standard InChI is InChI=1S/C20H20BrCl2N3O2/c1-12-9-13(21)4-7-16(12)24-19(27)11-26-8-2-3-18(26)20(28)25-17-10-14(22)5-6-15(17)23/h4-7,9-10,18H,2-3,8,11H2,1H3,(H,24,27)(H,25,28). The zero-order valence-corrected chi connectivity index (χ0v) is 18.4. The molecule has 0 spiro atoms. The number of hydrogen-bond donors (Lipinski definition) is 2. The van der Waals surface area contributed by atoms with Crippen LogP contribution in [0.2, 0.25) is 10.0 Å². The van der Waals surface area contributed by atoms with E-state index in [1.165, 1.54) is 0 Å². The Balaban J connectivity index is 1.63. The van der Waals surface area contributed by atoms with Crippen molar-refractivity contribution in [2.24, 2.45) is 0 Å². The van der Waals surface area contributed by atoms with Gasteiger partial charge in [-0.2, -0.15) is 0 Å². The minimum absolute atomic E-state index is 0.147. The van der Waals surface area contributed by atoms with Gasteiger partial charge in [-0.15, -0.1) is 0 Å². The zero-order chi connectivity index (χ0) is 20.3. The molecule has 3 rings (SSSR count). The number of anilines is 2. The molecule has 1 saturated heterocycles. The van der Waals surface area contributed by atoms with Crippen LogP contribution in [0.5, 0.6) is 0 Å². The van der Waals surface area contributed by atoms with Crippen LogP contribution in [0.1, 0.15) is 18.4 Å². The second kappa shape index (κ2) is 9.27. The van der Waals surface area contributed by atoms with Gasteiger partial charge in [0.05, 0.1) is 23.3 Å². The second-order valence-electron chi connectivity index (χ2n) is 6.75. The van der Waals surface area contributed by atoms with E-state index < -0.39 is 0 Å². The largest absolute Gasteiger partial charge is 0.325 e. The minimum atomic E-state index is -0.383. The van der Waals surface area contributed by atoms with Gasteiger partial charge in [0.15, 0.2) is 0 Å². The Labute approximate surface area is 182 Å². The molecule has 2 aromatic rings. The molecule has 0 bridgehead atoms. The van der Waals surface area contributed by atoms with Crippen molar-refractivity contribution >= 4 is 62.3 Å². The maximum absolute atomic E-state index is 12.7. The van der Waals surface area contributed by atoms with Crippen LogP contribution < -0.4 is 10.6 Å². The zero-order valence-electron chi connectivity index (χ0n) is 15.3. The number of benzene rings is 2. The van der Waals surface area contributed by atoms with Gasteiger partial charge in [-0.1, -0.05) is 39.1 Å². The van der Waals surface area contributed by atoms with Crippen molar-refractivity contribution in [3.63, 3.8) is 0 Å². The van der Waals surface area contributed by atoms with E-state index in [1.54, 1.807) is 18.2 Å². The summed E-state index contributed by atoms with van der Waals surface area (Å²) in [7, 11) is 0. The number of aryl methyl sites for hydroxylation is 1. The first-order valence-electron chi connectivity index (χ1n) is 8.89. The molecule has 2 N–H and O–H groups in total. The first-order valence-corrected chi connectivity index (χ1v) is 10.4. The van der Waals surface area contributed by atoms with Gasteiger partial charge in [0.2, 0.25) is 11.8 Å². The van der Waals surface area contributed by atoms with Gasteiger partial charge in [-0.25, -0.2) is 0 Å². The van der Waals surface area contributed by atoms with Crippen molar-refractivity contribution in [1.82, 2.24) is 4.90 Å². The molecule has 2 amide bonds. The number of rotatable bonds is 5. The number of amides is 2. The van der Waals surface area contributed by atoms with E-state index in [9.17, 15) is 9.59 Å². The van der Waals surface area contributed by atoms with Crippen molar-refractivity contribution < 1.29 is 9.59 Å². The van der Waals surface area contributed by atoms with Crippen molar-refractivity contribution in [3.8, 4) is 0 Å². The summed E-state index contributed by atoms with van der Waals surface area (Å²) in [6.45, 7) is 2.77. The van der Waals surface area contributed by atoms with E-state index in [0.29, 0.717) is 28.7 Å². The number of carbonyl (C=O) groups is 2. The quantitative estimate of drug-likeness (QED) is 0.620. The van der Waals surface area contributed by atoms with Crippen LogP contribution in [0.25, 0.3) is 0 Å². The lowest BCUT2D eigenvalue weighted by atomic mass is 10.2. The molecular formula is C20H20BrCl2N3O2. The lowest BCUT2D eigenvalue weighted by Crippen LogP contribution is -2.43. The van der Waals surface area contributed by atoms with Crippen LogP contribution >= 0.6 is 39.1 Å². The third kappa shape index (κ3) is 5.26. The number of carbonyl (C=O) groups excluding carboxylic acids is 2. The highest BCUT2D eigenvalue weighted by molar-refractivity contribution is 9.10. The van der Waals surface area contributed by atoms with Crippen molar-refractivity contribution in [2.75, 3.05) is 23.7 Å². The van der Waals surface area contributed by atoms with Gasteiger partial charge in [0.1, 0.15) is 0 Å². The first-order chi connectivity index (χ1) is 13.3. The molecule has 1 aliphatic rings. The Morgan fingerprint density at radius 3 is 2.68 bits per heavy atom. The fourth-order valence-electron chi connectivity index (χ4n) is 3.26. The molecule has 28 heavy (non-hydrogen) atoms. The third-order valence-corrected chi connectivity index (χ3v) is 5.72. The molecule has 0 aliphatic carbocycles. The summed E-state index contributed by atoms with van der Waals surface area (Å²) < 4.78 is 0.957. The van der Waals surface area contributed by atoms with Crippen LogP contribution in [0, 0.1) is 6.92 Å². The smallest absolute Gasteiger partial charge is 0.241 e. The summed E-state index contributed by atoms with van der Waals surface area (Å²) >= 11 is 15.5. The molecule has 1 fully saturated rings. The number of likely N-dealkylation sites (tertiary alicyclic amines) is 1. The molecular weight excluding hydrogens is 465 g/mol. The topological polar surface area (TPSA) is 61.4 Å². The maximum atomic E-state index is 12.7. The molecule has 1 unspecified atom stereocenters. The highest BCUT2D eigenvalue weighted by Crippen LogP contribution is 2.27. The van der Waals surface area contributed by atoms with Crippen LogP contribution in [0.15, 0.2) is 40.9 Å². The van der Waals surface area contributed by atoms with Gasteiger partial charge >= 0.3 is 0 Å². The molecule has 1 heterocycles. The number of hydrogen-bond acceptors (Lipinski definition) is 3. The molecule has 0 saturated carbocycles. The average Bonchev–Trinajstić information content (AvgIpc) is 3.08. The van der Waals surface area contributed by atoms with Gasteiger partial charge in [0, 0.05) is 15.2 Å². The third-order valence-electron chi connectivity index (χ3n) is 4.66. The fraction of sp³-hybridized carbons (Fsp3) is 0.300. The number of halogens is 3. The average molecular weight is 485 g/mol. The Hall–Kier alpha value is -1.60. The van der Waals surface area contributed by atoms with Gasteiger partial charge in [-0.05, 0) is 68.3 Å². The second-order valence-corrected chi connectivity index (χ2v) is 8.51. The highest BCUT2D eigenvalue weighted by atomic mass is 79.9. The normalized spacial score (nSPS) is 16.8. The summed E-state index contributed by atoms with van der Waals surface area (Å²) in [5.74, 6) is -0.333. The Bertz CT molecular complexity index is 907. The monoisotopic (exact) mass is 483 g/mol. The van der Waals surface area contributed by atoms with E-state index in [0.717, 1.165) is 22.1 Å². The predicted molar refractivity (Wildman–Crippen MR) is 117 cm³/mol. The van der Waals surface area contributed by atoms with E-state index >= 15 is 0 Å². The molecule has 148 valence electrons. The molecule has 1 aliphatic heterocycles. The van der Waals surface area contributed by atoms with E-state index in [-0.39, 0.29) is 24.4 Å². The van der Waals surface area contributed by atoms with Gasteiger partial charge < -0.3 is 10.6 Å². The molecule has 0 radical (unpaired) electrons. The summed E-state index contributed by atoms with van der Waals surface area (Å²) in [6, 6.07) is 10.2. The summed E-state index contributed by atoms with van der Waals surface area (Å²) in [5, 5.41) is 6.66. The van der Waals surface area contributed by atoms with Crippen LogP contribution in [-0.4, -0.2) is 35.8 Å². The molecule has 2 aromatic carbocycles. The van der Waals surface area contributed by atoms with Crippen LogP contribution in [-0.2, 0) is 9.59 Å². The SMILES string of the molecule is Cc1cc(Br)ccc1NC(=O)CN1CCCC1C(=O)Nc1cc(Cl)ccc1Cl. The van der Waals surface area contributed by atoms with Crippen molar-refractivity contribution in [2.45, 2.75) is 25.8 Å². The predicted octanol–water partition coefficient (Wildman–Crippen LogP) is 5.11. The maximum Gasteiger partial charge on any atom is 0.241 e. The van der Waals surface area contributed by atoms with Gasteiger partial charge in [0.25, 0.3) is 0 Å². The number of nitrogens with one attached hydrogen (secondary N) is 2. The molecule has 8 heteroatoms. The molecule has 1 atom stereocenters. The van der Waals surface area contributed by atoms with E-state index in [4.69, 9.17) is 23.2 Å². The van der Waals surface area contributed by atoms with Crippen LogP contribution in [0.3, 0.4) is 0 Å². The summed E-state index contributed by atoms with van der Waals surface area (Å²) in [5.41, 5.74) is 2.20. The fourth-order valence-corrected chi connectivity index (χ4v) is 4.08. The Morgan fingerprint density at radius 1 is 1.14 bits per heavy atom. The first kappa shape index (κ1) is 21.1. The van der Waals surface area contributed by atoms with E-state index in [1.807, 2.05) is 30.0 Å². The summed E-state index contributed by atoms with van der Waals surface area (Å²) in [6.07, 6.45) is 1.54. The highest BCUT2D eigenvalue weighted by Gasteiger charge is 2.32.